The molecule has 1 rings (SSSR count). The molecule has 10 nitrogen and oxygen atoms in total. The van der Waals surface area contributed by atoms with Crippen molar-refractivity contribution in [3.8, 4) is 0 Å². The zero-order valence-corrected chi connectivity index (χ0v) is 25.9. The minimum Gasteiger partial charge on any atom is -0.481 e. The molecule has 0 aromatic heterocycles. The largest absolute Gasteiger partial charge is 0.481 e. The number of carboxylic acids is 3. The van der Waals surface area contributed by atoms with Crippen molar-refractivity contribution < 1.29 is 39.3 Å². The first-order valence-electron chi connectivity index (χ1n) is 15.9. The Balaban J connectivity index is 2.34. The molecule has 0 saturated heterocycles. The van der Waals surface area contributed by atoms with Crippen molar-refractivity contribution in [3.05, 3.63) is 35.4 Å². The van der Waals surface area contributed by atoms with Crippen LogP contribution in [0.1, 0.15) is 132 Å². The summed E-state index contributed by atoms with van der Waals surface area (Å²) >= 11 is 0. The second kappa shape index (κ2) is 23.1. The molecule has 0 spiro atoms. The van der Waals surface area contributed by atoms with Gasteiger partial charge < -0.3 is 25.5 Å². The molecule has 242 valence electrons. The van der Waals surface area contributed by atoms with E-state index in [1.807, 2.05) is 0 Å². The van der Waals surface area contributed by atoms with Crippen LogP contribution in [0, 0.1) is 5.92 Å². The van der Waals surface area contributed by atoms with Crippen LogP contribution in [-0.2, 0) is 25.7 Å². The summed E-state index contributed by atoms with van der Waals surface area (Å²) in [7, 11) is 0. The summed E-state index contributed by atoms with van der Waals surface area (Å²) in [5.41, 5.74) is 1.31. The zero-order chi connectivity index (χ0) is 31.9. The summed E-state index contributed by atoms with van der Waals surface area (Å²) in [6.07, 6.45) is 13.9. The van der Waals surface area contributed by atoms with Crippen molar-refractivity contribution in [1.82, 2.24) is 10.2 Å². The van der Waals surface area contributed by atoms with Crippen molar-refractivity contribution in [2.75, 3.05) is 13.1 Å². The van der Waals surface area contributed by atoms with Crippen LogP contribution < -0.4 is 5.32 Å². The Morgan fingerprint density at radius 1 is 0.674 bits per heavy atom. The molecule has 10 heteroatoms. The molecule has 0 bridgehead atoms. The predicted octanol–water partition coefficient (Wildman–Crippen LogP) is 6.27. The number of unbranched alkanes of at least 4 members (excludes halogenated alkanes) is 11. The highest BCUT2D eigenvalue weighted by Crippen LogP contribution is 2.15. The molecular formula is C33H52N2O8. The Bertz CT molecular complexity index is 980. The number of nitrogens with one attached hydrogen (secondary N) is 1. The molecule has 1 aromatic rings. The quantitative estimate of drug-likeness (QED) is 0.0900. The average molecular weight is 605 g/mol. The van der Waals surface area contributed by atoms with E-state index in [0.29, 0.717) is 37.8 Å². The number of hydrogen-bond acceptors (Lipinski definition) is 5. The summed E-state index contributed by atoms with van der Waals surface area (Å²) in [6, 6.07) is 6.94. The van der Waals surface area contributed by atoms with E-state index in [-0.39, 0.29) is 37.7 Å². The maximum absolute atomic E-state index is 12.9. The maximum Gasteiger partial charge on any atom is 0.306 e. The van der Waals surface area contributed by atoms with Crippen molar-refractivity contribution in [2.45, 2.75) is 123 Å². The highest BCUT2D eigenvalue weighted by atomic mass is 16.4. The highest BCUT2D eigenvalue weighted by Gasteiger charge is 2.16. The standard InChI is InChI=1S/C33H52N2O8/c1-26(33(42)43)15-13-14-23-34-32(41)28-20-18-27(19-21-28)25-35(24-22-31(39)40)29(36)16-11-9-7-5-3-2-4-6-8-10-12-17-30(37)38/h18-21,26H,2-17,22-25H2,1H3,(H,34,41)(H,37,38)(H,39,40)(H,42,43)/t26-/m0/s1. The Kier molecular flexibility index (Phi) is 20.2. The van der Waals surface area contributed by atoms with Crippen molar-refractivity contribution in [1.29, 1.82) is 0 Å². The molecule has 0 heterocycles. The van der Waals surface area contributed by atoms with Gasteiger partial charge in [0.25, 0.3) is 5.91 Å². The lowest BCUT2D eigenvalue weighted by Crippen LogP contribution is -2.32. The number of amides is 2. The number of carbonyl (C=O) groups excluding carboxylic acids is 2. The molecular weight excluding hydrogens is 552 g/mol. The second-order valence-corrected chi connectivity index (χ2v) is 11.4. The number of rotatable bonds is 26. The SMILES string of the molecule is C[C@@H](CCCCNC(=O)c1ccc(CN(CCC(=O)O)C(=O)CCCCCCCCCCCCCC(=O)O)cc1)C(=O)O. The van der Waals surface area contributed by atoms with Crippen LogP contribution in [-0.4, -0.2) is 63.0 Å². The third-order valence-corrected chi connectivity index (χ3v) is 7.59. The average Bonchev–Trinajstić information content (AvgIpc) is 2.97. The van der Waals surface area contributed by atoms with E-state index in [9.17, 15) is 24.0 Å². The van der Waals surface area contributed by atoms with Crippen LogP contribution in [0.15, 0.2) is 24.3 Å². The first-order valence-corrected chi connectivity index (χ1v) is 15.9. The number of aliphatic carboxylic acids is 3. The first kappa shape index (κ1) is 37.6. The van der Waals surface area contributed by atoms with Gasteiger partial charge in [-0.1, -0.05) is 83.3 Å². The molecule has 0 aliphatic rings. The van der Waals surface area contributed by atoms with Gasteiger partial charge in [-0.3, -0.25) is 24.0 Å². The van der Waals surface area contributed by atoms with Crippen LogP contribution in [0.25, 0.3) is 0 Å². The van der Waals surface area contributed by atoms with Crippen molar-refractivity contribution >= 4 is 29.7 Å². The summed E-state index contributed by atoms with van der Waals surface area (Å²) in [6.45, 7) is 2.55. The lowest BCUT2D eigenvalue weighted by Gasteiger charge is -2.22. The zero-order valence-electron chi connectivity index (χ0n) is 25.9. The first-order chi connectivity index (χ1) is 20.6. The van der Waals surface area contributed by atoms with Crippen molar-refractivity contribution in [3.63, 3.8) is 0 Å². The molecule has 0 unspecified atom stereocenters. The molecule has 0 fully saturated rings. The number of carbonyl (C=O) groups is 5. The Morgan fingerprint density at radius 3 is 1.70 bits per heavy atom. The van der Waals surface area contributed by atoms with Gasteiger partial charge in [0.2, 0.25) is 5.91 Å². The molecule has 0 radical (unpaired) electrons. The van der Waals surface area contributed by atoms with Gasteiger partial charge in [-0.2, -0.15) is 0 Å². The molecule has 43 heavy (non-hydrogen) atoms. The summed E-state index contributed by atoms with van der Waals surface area (Å²) < 4.78 is 0. The van der Waals surface area contributed by atoms with E-state index in [1.54, 1.807) is 36.1 Å². The summed E-state index contributed by atoms with van der Waals surface area (Å²) in [4.78, 5) is 59.5. The minimum absolute atomic E-state index is 0.0665. The smallest absolute Gasteiger partial charge is 0.306 e. The van der Waals surface area contributed by atoms with Crippen LogP contribution in [0.5, 0.6) is 0 Å². The van der Waals surface area contributed by atoms with Gasteiger partial charge in [0.15, 0.2) is 0 Å². The van der Waals surface area contributed by atoms with E-state index >= 15 is 0 Å². The third-order valence-electron chi connectivity index (χ3n) is 7.59. The number of nitrogens with zero attached hydrogens (tertiary/aromatic N) is 1. The topological polar surface area (TPSA) is 161 Å². The lowest BCUT2D eigenvalue weighted by atomic mass is 10.0. The van der Waals surface area contributed by atoms with E-state index in [0.717, 1.165) is 63.4 Å². The third kappa shape index (κ3) is 19.4. The summed E-state index contributed by atoms with van der Waals surface area (Å²) in [5, 5.41) is 29.6. The second-order valence-electron chi connectivity index (χ2n) is 11.4. The van der Waals surface area contributed by atoms with E-state index < -0.39 is 23.8 Å². The van der Waals surface area contributed by atoms with Gasteiger partial charge in [0, 0.05) is 38.0 Å². The van der Waals surface area contributed by atoms with Crippen LogP contribution in [0.3, 0.4) is 0 Å². The molecule has 0 saturated carbocycles. The van der Waals surface area contributed by atoms with Crippen molar-refractivity contribution in [2.24, 2.45) is 5.92 Å². The Hall–Kier alpha value is -3.43. The number of carboxylic acid groups (broad SMARTS) is 3. The van der Waals surface area contributed by atoms with Gasteiger partial charge in [-0.25, -0.2) is 0 Å². The molecule has 0 aliphatic carbocycles. The van der Waals surface area contributed by atoms with Gasteiger partial charge >= 0.3 is 17.9 Å². The molecule has 1 atom stereocenters. The fraction of sp³-hybridized carbons (Fsp3) is 0.667. The summed E-state index contributed by atoms with van der Waals surface area (Å²) in [5.74, 6) is -3.17. The minimum atomic E-state index is -0.956. The van der Waals surface area contributed by atoms with E-state index in [2.05, 4.69) is 5.32 Å². The van der Waals surface area contributed by atoms with Gasteiger partial charge in [0.1, 0.15) is 0 Å². The number of benzene rings is 1. The normalized spacial score (nSPS) is 11.6. The molecule has 2 amide bonds. The Morgan fingerprint density at radius 2 is 1.19 bits per heavy atom. The molecule has 0 aliphatic heterocycles. The van der Waals surface area contributed by atoms with Gasteiger partial charge in [-0.15, -0.1) is 0 Å². The Labute approximate surface area is 256 Å². The fourth-order valence-corrected chi connectivity index (χ4v) is 4.81. The van der Waals surface area contributed by atoms with Gasteiger partial charge in [0.05, 0.1) is 12.3 Å². The highest BCUT2D eigenvalue weighted by molar-refractivity contribution is 5.94. The lowest BCUT2D eigenvalue weighted by molar-refractivity contribution is -0.141. The maximum atomic E-state index is 12.9. The predicted molar refractivity (Wildman–Crippen MR) is 165 cm³/mol. The van der Waals surface area contributed by atoms with Crippen LogP contribution >= 0.6 is 0 Å². The van der Waals surface area contributed by atoms with E-state index in [4.69, 9.17) is 15.3 Å². The monoisotopic (exact) mass is 604 g/mol. The molecule has 1 aromatic carbocycles. The fourth-order valence-electron chi connectivity index (χ4n) is 4.81. The molecule has 4 N–H and O–H groups in total. The van der Waals surface area contributed by atoms with E-state index in [1.165, 1.54) is 12.8 Å². The van der Waals surface area contributed by atoms with Crippen LogP contribution in [0.2, 0.25) is 0 Å². The van der Waals surface area contributed by atoms with Crippen LogP contribution in [0.4, 0.5) is 0 Å². The number of hydrogen-bond donors (Lipinski definition) is 4. The van der Waals surface area contributed by atoms with Gasteiger partial charge in [-0.05, 0) is 43.4 Å².